The van der Waals surface area contributed by atoms with Crippen molar-refractivity contribution in [3.63, 3.8) is 0 Å². The second-order valence-corrected chi connectivity index (χ2v) is 5.19. The minimum Gasteiger partial charge on any atom is -0.384 e. The molecule has 0 aliphatic carbocycles. The van der Waals surface area contributed by atoms with Crippen LogP contribution in [0.3, 0.4) is 0 Å². The number of nitrogen functional groups attached to an aromatic ring is 1. The molecule has 0 saturated heterocycles. The van der Waals surface area contributed by atoms with Crippen LogP contribution in [0.15, 0.2) is 36.0 Å². The van der Waals surface area contributed by atoms with Gasteiger partial charge in [0.1, 0.15) is 18.0 Å². The summed E-state index contributed by atoms with van der Waals surface area (Å²) in [5.41, 5.74) is 6.27. The highest BCUT2D eigenvalue weighted by atomic mass is 32.1. The summed E-state index contributed by atoms with van der Waals surface area (Å²) in [6, 6.07) is 7.98. The molecule has 6 heteroatoms. The van der Waals surface area contributed by atoms with Gasteiger partial charge in [0.15, 0.2) is 5.65 Å². The average Bonchev–Trinajstić information content (AvgIpc) is 2.92. The quantitative estimate of drug-likeness (QED) is 0.766. The molecule has 0 aromatic carbocycles. The van der Waals surface area contributed by atoms with Crippen molar-refractivity contribution >= 4 is 34.0 Å². The zero-order valence-corrected chi connectivity index (χ0v) is 11.2. The van der Waals surface area contributed by atoms with Gasteiger partial charge in [-0.1, -0.05) is 6.07 Å². The van der Waals surface area contributed by atoms with Crippen molar-refractivity contribution in [3.8, 4) is 0 Å². The van der Waals surface area contributed by atoms with E-state index in [1.165, 1.54) is 11.2 Å². The number of thiophene rings is 1. The lowest BCUT2D eigenvalue weighted by Crippen LogP contribution is -2.07. The molecule has 3 aromatic rings. The number of hydrogen-bond acceptors (Lipinski definition) is 6. The van der Waals surface area contributed by atoms with Crippen molar-refractivity contribution in [1.29, 1.82) is 0 Å². The molecule has 0 fully saturated rings. The van der Waals surface area contributed by atoms with Crippen LogP contribution in [0.1, 0.15) is 17.8 Å². The van der Waals surface area contributed by atoms with Gasteiger partial charge in [-0.2, -0.15) is 0 Å². The highest BCUT2D eigenvalue weighted by molar-refractivity contribution is 7.10. The second kappa shape index (κ2) is 4.81. The van der Waals surface area contributed by atoms with Gasteiger partial charge in [0.05, 0.1) is 11.4 Å². The molecule has 0 amide bonds. The maximum atomic E-state index is 5.66. The topological polar surface area (TPSA) is 76.7 Å². The summed E-state index contributed by atoms with van der Waals surface area (Å²) in [5.74, 6) is 1.24. The van der Waals surface area contributed by atoms with Crippen LogP contribution in [-0.4, -0.2) is 15.0 Å². The lowest BCUT2D eigenvalue weighted by atomic mass is 10.2. The van der Waals surface area contributed by atoms with Crippen molar-refractivity contribution < 1.29 is 0 Å². The predicted molar refractivity (Wildman–Crippen MR) is 78.1 cm³/mol. The van der Waals surface area contributed by atoms with Crippen LogP contribution >= 0.6 is 11.3 Å². The predicted octanol–water partition coefficient (Wildman–Crippen LogP) is 2.84. The molecule has 0 saturated carbocycles. The summed E-state index contributed by atoms with van der Waals surface area (Å²) in [4.78, 5) is 13.9. The maximum Gasteiger partial charge on any atom is 0.166 e. The largest absolute Gasteiger partial charge is 0.384 e. The van der Waals surface area contributed by atoms with E-state index < -0.39 is 0 Å². The van der Waals surface area contributed by atoms with Gasteiger partial charge in [-0.3, -0.25) is 0 Å². The number of pyridine rings is 1. The van der Waals surface area contributed by atoms with Crippen LogP contribution in [-0.2, 0) is 0 Å². The summed E-state index contributed by atoms with van der Waals surface area (Å²) < 4.78 is 0. The Balaban J connectivity index is 1.97. The number of nitrogens with one attached hydrogen (secondary N) is 1. The van der Waals surface area contributed by atoms with Gasteiger partial charge in [0.2, 0.25) is 0 Å². The zero-order chi connectivity index (χ0) is 13.2. The number of nitrogens with two attached hydrogens (primary N) is 1. The molecule has 0 radical (unpaired) electrons. The Labute approximate surface area is 114 Å². The summed E-state index contributed by atoms with van der Waals surface area (Å²) in [6.45, 7) is 2.10. The Hall–Kier alpha value is -2.21. The van der Waals surface area contributed by atoms with Gasteiger partial charge in [0.25, 0.3) is 0 Å². The van der Waals surface area contributed by atoms with Crippen LogP contribution in [0.5, 0.6) is 0 Å². The molecule has 0 spiro atoms. The van der Waals surface area contributed by atoms with Gasteiger partial charge in [-0.15, -0.1) is 11.3 Å². The lowest BCUT2D eigenvalue weighted by Gasteiger charge is -2.14. The summed E-state index contributed by atoms with van der Waals surface area (Å²) in [6.07, 6.45) is 1.50. The van der Waals surface area contributed by atoms with E-state index in [1.54, 1.807) is 17.4 Å². The van der Waals surface area contributed by atoms with E-state index in [0.717, 1.165) is 11.2 Å². The van der Waals surface area contributed by atoms with E-state index in [4.69, 9.17) is 5.73 Å². The Morgan fingerprint density at radius 3 is 2.95 bits per heavy atom. The summed E-state index contributed by atoms with van der Waals surface area (Å²) in [7, 11) is 0. The molecule has 3 aromatic heterocycles. The second-order valence-electron chi connectivity index (χ2n) is 4.21. The van der Waals surface area contributed by atoms with E-state index in [2.05, 4.69) is 38.6 Å². The lowest BCUT2D eigenvalue weighted by molar-refractivity contribution is 0.897. The first-order chi connectivity index (χ1) is 9.24. The molecule has 0 aliphatic rings. The molecule has 19 heavy (non-hydrogen) atoms. The van der Waals surface area contributed by atoms with Crippen LogP contribution in [0.2, 0.25) is 0 Å². The van der Waals surface area contributed by atoms with Gasteiger partial charge in [0, 0.05) is 4.88 Å². The Morgan fingerprint density at radius 2 is 2.16 bits per heavy atom. The SMILES string of the molecule is CC(Nc1ncnc2nc(N)ccc12)c1cccs1. The summed E-state index contributed by atoms with van der Waals surface area (Å²) in [5, 5.41) is 6.32. The number of nitrogens with zero attached hydrogens (tertiary/aromatic N) is 3. The van der Waals surface area contributed by atoms with Crippen molar-refractivity contribution in [2.45, 2.75) is 13.0 Å². The molecule has 5 nitrogen and oxygen atoms in total. The number of fused-ring (bicyclic) bond motifs is 1. The summed E-state index contributed by atoms with van der Waals surface area (Å²) >= 11 is 1.72. The molecule has 0 bridgehead atoms. The third-order valence-corrected chi connectivity index (χ3v) is 3.90. The van der Waals surface area contributed by atoms with Crippen LogP contribution in [0, 0.1) is 0 Å². The molecule has 3 rings (SSSR count). The van der Waals surface area contributed by atoms with Crippen molar-refractivity contribution in [2.75, 3.05) is 11.1 Å². The zero-order valence-electron chi connectivity index (χ0n) is 10.4. The number of aromatic nitrogens is 3. The Morgan fingerprint density at radius 1 is 1.26 bits per heavy atom. The fraction of sp³-hybridized carbons (Fsp3) is 0.154. The first-order valence-electron chi connectivity index (χ1n) is 5.91. The minimum absolute atomic E-state index is 0.190. The van der Waals surface area contributed by atoms with Crippen LogP contribution < -0.4 is 11.1 Å². The molecule has 3 heterocycles. The maximum absolute atomic E-state index is 5.66. The molecule has 1 unspecified atom stereocenters. The highest BCUT2D eigenvalue weighted by Gasteiger charge is 2.10. The Kier molecular flexibility index (Phi) is 3.00. The van der Waals surface area contributed by atoms with Crippen molar-refractivity contribution in [3.05, 3.63) is 40.8 Å². The molecule has 96 valence electrons. The number of anilines is 2. The minimum atomic E-state index is 0.190. The third kappa shape index (κ3) is 2.34. The Bertz CT molecular complexity index is 695. The fourth-order valence-corrected chi connectivity index (χ4v) is 2.62. The van der Waals surface area contributed by atoms with Gasteiger partial charge in [-0.05, 0) is 30.5 Å². The van der Waals surface area contributed by atoms with Crippen LogP contribution in [0.25, 0.3) is 11.0 Å². The highest BCUT2D eigenvalue weighted by Crippen LogP contribution is 2.25. The molecule has 0 aliphatic heterocycles. The smallest absolute Gasteiger partial charge is 0.166 e. The number of rotatable bonds is 3. The first-order valence-corrected chi connectivity index (χ1v) is 6.79. The van der Waals surface area contributed by atoms with E-state index in [9.17, 15) is 0 Å². The van der Waals surface area contributed by atoms with Gasteiger partial charge in [-0.25, -0.2) is 15.0 Å². The van der Waals surface area contributed by atoms with Crippen molar-refractivity contribution in [2.24, 2.45) is 0 Å². The molecular formula is C13H13N5S. The standard InChI is InChI=1S/C13H13N5S/c1-8(10-3-2-6-19-10)17-12-9-4-5-11(14)18-13(9)16-7-15-12/h2-8H,1H3,(H3,14,15,16,17,18). The van der Waals surface area contributed by atoms with E-state index >= 15 is 0 Å². The van der Waals surface area contributed by atoms with E-state index in [0.29, 0.717) is 11.5 Å². The molecule has 3 N–H and O–H groups in total. The average molecular weight is 271 g/mol. The van der Waals surface area contributed by atoms with Gasteiger partial charge < -0.3 is 11.1 Å². The first kappa shape index (κ1) is 11.9. The van der Waals surface area contributed by atoms with E-state index in [-0.39, 0.29) is 6.04 Å². The molecular weight excluding hydrogens is 258 g/mol. The number of hydrogen-bond donors (Lipinski definition) is 2. The fourth-order valence-electron chi connectivity index (χ4n) is 1.89. The molecule has 1 atom stereocenters. The van der Waals surface area contributed by atoms with Crippen LogP contribution in [0.4, 0.5) is 11.6 Å². The normalized spacial score (nSPS) is 12.5. The van der Waals surface area contributed by atoms with Crippen molar-refractivity contribution in [1.82, 2.24) is 15.0 Å². The monoisotopic (exact) mass is 271 g/mol. The van der Waals surface area contributed by atoms with E-state index in [1.807, 2.05) is 12.1 Å². The van der Waals surface area contributed by atoms with Gasteiger partial charge >= 0.3 is 0 Å². The third-order valence-electron chi connectivity index (χ3n) is 2.84.